The number of nitriles is 1. The van der Waals surface area contributed by atoms with Crippen LogP contribution < -0.4 is 10.2 Å². The van der Waals surface area contributed by atoms with Crippen LogP contribution in [-0.2, 0) is 20.8 Å². The summed E-state index contributed by atoms with van der Waals surface area (Å²) in [6, 6.07) is 9.14. The van der Waals surface area contributed by atoms with E-state index in [0.717, 1.165) is 35.6 Å². The Hall–Kier alpha value is -3.57. The molecule has 2 heterocycles. The van der Waals surface area contributed by atoms with Gasteiger partial charge in [0, 0.05) is 36.7 Å². The van der Waals surface area contributed by atoms with Gasteiger partial charge >= 0.3 is 5.97 Å². The third-order valence-electron chi connectivity index (χ3n) is 5.76. The van der Waals surface area contributed by atoms with Crippen molar-refractivity contribution in [3.05, 3.63) is 52.4 Å². The van der Waals surface area contributed by atoms with Crippen molar-refractivity contribution < 1.29 is 19.1 Å². The number of nitrogens with zero attached hydrogens (tertiary/aromatic N) is 3. The number of carbonyl (C=O) groups excluding carboxylic acids is 2. The third kappa shape index (κ3) is 5.44. The highest BCUT2D eigenvalue weighted by molar-refractivity contribution is 6.12. The van der Waals surface area contributed by atoms with Gasteiger partial charge in [-0.15, -0.1) is 0 Å². The molecule has 1 aliphatic rings. The summed E-state index contributed by atoms with van der Waals surface area (Å²) in [5, 5.41) is 12.4. The van der Waals surface area contributed by atoms with E-state index in [1.807, 2.05) is 32.0 Å². The molecule has 0 radical (unpaired) electrons. The summed E-state index contributed by atoms with van der Waals surface area (Å²) in [5.74, 6) is -1.15. The number of anilines is 2. The molecule has 1 fully saturated rings. The van der Waals surface area contributed by atoms with Crippen LogP contribution in [-0.4, -0.2) is 49.9 Å². The van der Waals surface area contributed by atoms with Crippen molar-refractivity contribution in [2.45, 2.75) is 33.7 Å². The summed E-state index contributed by atoms with van der Waals surface area (Å²) < 4.78 is 12.5. The molecule has 0 atom stereocenters. The zero-order chi connectivity index (χ0) is 24.0. The van der Waals surface area contributed by atoms with Crippen molar-refractivity contribution in [1.82, 2.24) is 4.57 Å². The molecule has 2 aromatic rings. The third-order valence-corrected chi connectivity index (χ3v) is 5.76. The first-order valence-corrected chi connectivity index (χ1v) is 11.0. The minimum absolute atomic E-state index is 0.0418. The molecule has 0 spiro atoms. The molecule has 8 nitrogen and oxygen atoms in total. The van der Waals surface area contributed by atoms with Gasteiger partial charge in [0.15, 0.2) is 0 Å². The van der Waals surface area contributed by atoms with Crippen LogP contribution in [0.1, 0.15) is 40.7 Å². The highest BCUT2D eigenvalue weighted by Crippen LogP contribution is 2.26. The van der Waals surface area contributed by atoms with Crippen LogP contribution in [0.4, 0.5) is 11.4 Å². The normalized spacial score (nSPS) is 14.0. The fourth-order valence-corrected chi connectivity index (χ4v) is 3.97. The van der Waals surface area contributed by atoms with E-state index in [1.165, 1.54) is 7.11 Å². The van der Waals surface area contributed by atoms with Gasteiger partial charge in [-0.25, -0.2) is 4.79 Å². The average Bonchev–Trinajstić information content (AvgIpc) is 3.10. The maximum atomic E-state index is 12.9. The summed E-state index contributed by atoms with van der Waals surface area (Å²) in [6.07, 6.45) is 2.58. The number of methoxy groups -OCH3 is 1. The number of hydrogen-bond donors (Lipinski definition) is 1. The summed E-state index contributed by atoms with van der Waals surface area (Å²) in [4.78, 5) is 27.5. The van der Waals surface area contributed by atoms with Crippen LogP contribution in [0, 0.1) is 25.2 Å². The van der Waals surface area contributed by atoms with Gasteiger partial charge in [-0.3, -0.25) is 4.79 Å². The van der Waals surface area contributed by atoms with Crippen molar-refractivity contribution in [3.8, 4) is 6.07 Å². The molecule has 0 bridgehead atoms. The second kappa shape index (κ2) is 10.8. The Labute approximate surface area is 194 Å². The van der Waals surface area contributed by atoms with Gasteiger partial charge in [0.05, 0.1) is 31.6 Å². The van der Waals surface area contributed by atoms with Gasteiger partial charge in [-0.2, -0.15) is 5.26 Å². The lowest BCUT2D eigenvalue weighted by molar-refractivity contribution is -0.112. The molecule has 1 N–H and O–H groups in total. The van der Waals surface area contributed by atoms with Gasteiger partial charge < -0.3 is 24.3 Å². The maximum Gasteiger partial charge on any atom is 0.340 e. The Morgan fingerprint density at radius 3 is 2.61 bits per heavy atom. The zero-order valence-electron chi connectivity index (χ0n) is 19.6. The molecule has 1 amide bonds. The zero-order valence-corrected chi connectivity index (χ0v) is 19.6. The quantitative estimate of drug-likeness (QED) is 0.393. The number of benzene rings is 1. The Morgan fingerprint density at radius 2 is 1.97 bits per heavy atom. The smallest absolute Gasteiger partial charge is 0.340 e. The molecular weight excluding hydrogens is 420 g/mol. The van der Waals surface area contributed by atoms with Crippen LogP contribution >= 0.6 is 0 Å². The molecule has 1 saturated heterocycles. The van der Waals surface area contributed by atoms with Crippen molar-refractivity contribution in [2.24, 2.45) is 0 Å². The van der Waals surface area contributed by atoms with Crippen molar-refractivity contribution in [1.29, 1.82) is 5.26 Å². The first kappa shape index (κ1) is 24.1. The molecule has 1 aromatic carbocycles. The summed E-state index contributed by atoms with van der Waals surface area (Å²) >= 11 is 0. The van der Waals surface area contributed by atoms with Crippen LogP contribution in [0.15, 0.2) is 29.8 Å². The standard InChI is InChI=1S/C25H30N4O4/c1-5-8-29-17(2)13-19(18(29)3)14-20(16-26)24(30)27-23-7-6-21(15-22(23)25(31)32-4)28-9-11-33-12-10-28/h6-7,13-15H,5,8-12H2,1-4H3,(H,27,30)/b20-14+. The monoisotopic (exact) mass is 450 g/mol. The molecule has 3 rings (SSSR count). The van der Waals surface area contributed by atoms with E-state index in [9.17, 15) is 14.9 Å². The van der Waals surface area contributed by atoms with Crippen molar-refractivity contribution in [3.63, 3.8) is 0 Å². The number of morpholine rings is 1. The van der Waals surface area contributed by atoms with Crippen molar-refractivity contribution >= 4 is 29.3 Å². The SMILES string of the molecule is CCCn1c(C)cc(/C=C(\C#N)C(=O)Nc2ccc(N3CCOCC3)cc2C(=O)OC)c1C. The number of nitrogens with one attached hydrogen (secondary N) is 1. The van der Waals surface area contributed by atoms with Crippen LogP contribution in [0.2, 0.25) is 0 Å². The van der Waals surface area contributed by atoms with E-state index in [0.29, 0.717) is 32.0 Å². The number of aryl methyl sites for hydroxylation is 1. The highest BCUT2D eigenvalue weighted by Gasteiger charge is 2.20. The summed E-state index contributed by atoms with van der Waals surface area (Å²) in [5.41, 5.74) is 4.22. The van der Waals surface area contributed by atoms with Crippen LogP contribution in [0.3, 0.4) is 0 Å². The van der Waals surface area contributed by atoms with E-state index in [2.05, 4.69) is 21.7 Å². The Morgan fingerprint density at radius 1 is 1.24 bits per heavy atom. The predicted molar refractivity (Wildman–Crippen MR) is 127 cm³/mol. The summed E-state index contributed by atoms with van der Waals surface area (Å²) in [7, 11) is 1.29. The Bertz CT molecular complexity index is 1100. The molecule has 33 heavy (non-hydrogen) atoms. The van der Waals surface area contributed by atoms with Gasteiger partial charge in [-0.05, 0) is 56.2 Å². The number of aromatic nitrogens is 1. The largest absolute Gasteiger partial charge is 0.465 e. The van der Waals surface area contributed by atoms with Gasteiger partial charge in [0.2, 0.25) is 0 Å². The first-order valence-electron chi connectivity index (χ1n) is 11.0. The second-order valence-corrected chi connectivity index (χ2v) is 7.92. The average molecular weight is 451 g/mol. The van der Waals surface area contributed by atoms with Crippen LogP contribution in [0.5, 0.6) is 0 Å². The summed E-state index contributed by atoms with van der Waals surface area (Å²) in [6.45, 7) is 9.60. The molecule has 0 aliphatic carbocycles. The Balaban J connectivity index is 1.89. The van der Waals surface area contributed by atoms with Gasteiger partial charge in [0.1, 0.15) is 11.6 Å². The Kier molecular flexibility index (Phi) is 7.91. The topological polar surface area (TPSA) is 96.6 Å². The first-order chi connectivity index (χ1) is 15.9. The van der Waals surface area contributed by atoms with E-state index in [-0.39, 0.29) is 11.1 Å². The van der Waals surface area contributed by atoms with Crippen molar-refractivity contribution in [2.75, 3.05) is 43.6 Å². The molecule has 174 valence electrons. The molecule has 1 aromatic heterocycles. The molecule has 0 saturated carbocycles. The number of carbonyl (C=O) groups is 2. The van der Waals surface area contributed by atoms with E-state index < -0.39 is 11.9 Å². The maximum absolute atomic E-state index is 12.9. The lowest BCUT2D eigenvalue weighted by Gasteiger charge is -2.29. The number of ether oxygens (including phenoxy) is 2. The highest BCUT2D eigenvalue weighted by atomic mass is 16.5. The fraction of sp³-hybridized carbons (Fsp3) is 0.400. The lowest BCUT2D eigenvalue weighted by Crippen LogP contribution is -2.36. The molecule has 1 aliphatic heterocycles. The fourth-order valence-electron chi connectivity index (χ4n) is 3.97. The lowest BCUT2D eigenvalue weighted by atomic mass is 10.1. The van der Waals surface area contributed by atoms with E-state index in [1.54, 1.807) is 18.2 Å². The predicted octanol–water partition coefficient (Wildman–Crippen LogP) is 3.68. The molecule has 0 unspecified atom stereocenters. The van der Waals surface area contributed by atoms with Gasteiger partial charge in [-0.1, -0.05) is 6.92 Å². The van der Waals surface area contributed by atoms with Gasteiger partial charge in [0.25, 0.3) is 5.91 Å². The minimum atomic E-state index is -0.581. The number of rotatable bonds is 7. The molecule has 8 heteroatoms. The molecular formula is C25H30N4O4. The number of esters is 1. The van der Waals surface area contributed by atoms with Crippen LogP contribution in [0.25, 0.3) is 6.08 Å². The number of hydrogen-bond acceptors (Lipinski definition) is 6. The van der Waals surface area contributed by atoms with E-state index in [4.69, 9.17) is 9.47 Å². The second-order valence-electron chi connectivity index (χ2n) is 7.92. The number of amides is 1. The minimum Gasteiger partial charge on any atom is -0.465 e. The van der Waals surface area contributed by atoms with E-state index >= 15 is 0 Å².